The van der Waals surface area contributed by atoms with E-state index in [0.29, 0.717) is 5.82 Å². The number of halogens is 1. The van der Waals surface area contributed by atoms with Crippen molar-refractivity contribution in [3.63, 3.8) is 0 Å². The van der Waals surface area contributed by atoms with Crippen LogP contribution in [0.5, 0.6) is 0 Å². The summed E-state index contributed by atoms with van der Waals surface area (Å²) in [6, 6.07) is 14.5. The summed E-state index contributed by atoms with van der Waals surface area (Å²) in [5, 5.41) is 2.65. The molecule has 0 spiro atoms. The van der Waals surface area contributed by atoms with E-state index in [0.717, 1.165) is 28.7 Å². The van der Waals surface area contributed by atoms with Crippen molar-refractivity contribution in [3.05, 3.63) is 77.1 Å². The molecule has 2 aromatic carbocycles. The first-order valence-electron chi connectivity index (χ1n) is 7.72. The van der Waals surface area contributed by atoms with Crippen LogP contribution >= 0.6 is 0 Å². The van der Waals surface area contributed by atoms with Crippen LogP contribution in [0.4, 0.5) is 15.9 Å². The SMILES string of the molecule is O=Nc1cc(F)cc(C(=O)NNc2nc3ccccc3n3cccc23)c1. The molecule has 4 rings (SSSR count). The number of aromatic nitrogens is 2. The molecule has 128 valence electrons. The molecule has 2 N–H and O–H groups in total. The average Bonchev–Trinajstić information content (AvgIpc) is 3.15. The minimum Gasteiger partial charge on any atom is -0.312 e. The van der Waals surface area contributed by atoms with Crippen LogP contribution in [0.3, 0.4) is 0 Å². The third-order valence-corrected chi connectivity index (χ3v) is 3.91. The van der Waals surface area contributed by atoms with Crippen molar-refractivity contribution in [3.8, 4) is 0 Å². The molecule has 1 amide bonds. The van der Waals surface area contributed by atoms with Gasteiger partial charge in [0, 0.05) is 17.8 Å². The van der Waals surface area contributed by atoms with Crippen molar-refractivity contribution in [2.75, 3.05) is 5.43 Å². The van der Waals surface area contributed by atoms with Crippen molar-refractivity contribution in [2.45, 2.75) is 0 Å². The van der Waals surface area contributed by atoms with Gasteiger partial charge in [-0.05, 0) is 41.6 Å². The zero-order valence-electron chi connectivity index (χ0n) is 13.3. The topological polar surface area (TPSA) is 87.9 Å². The maximum Gasteiger partial charge on any atom is 0.269 e. The van der Waals surface area contributed by atoms with Gasteiger partial charge in [0.15, 0.2) is 5.82 Å². The second-order valence-electron chi connectivity index (χ2n) is 5.58. The second kappa shape index (κ2) is 6.25. The van der Waals surface area contributed by atoms with Gasteiger partial charge in [0.05, 0.1) is 16.6 Å². The van der Waals surface area contributed by atoms with Crippen LogP contribution in [0.15, 0.2) is 66.0 Å². The van der Waals surface area contributed by atoms with Gasteiger partial charge >= 0.3 is 0 Å². The fraction of sp³-hybridized carbons (Fsp3) is 0. The summed E-state index contributed by atoms with van der Waals surface area (Å²) in [5.41, 5.74) is 7.47. The summed E-state index contributed by atoms with van der Waals surface area (Å²) in [6.45, 7) is 0. The zero-order chi connectivity index (χ0) is 18.1. The Hall–Kier alpha value is -3.81. The van der Waals surface area contributed by atoms with Crippen molar-refractivity contribution >= 4 is 34.0 Å². The summed E-state index contributed by atoms with van der Waals surface area (Å²) in [4.78, 5) is 27.3. The number of hydrogen-bond donors (Lipinski definition) is 2. The number of hydrazine groups is 1. The van der Waals surface area contributed by atoms with Gasteiger partial charge in [-0.25, -0.2) is 9.37 Å². The summed E-state index contributed by atoms with van der Waals surface area (Å²) in [5.74, 6) is -0.897. The predicted octanol–water partition coefficient (Wildman–Crippen LogP) is 3.78. The van der Waals surface area contributed by atoms with Crippen LogP contribution in [-0.2, 0) is 0 Å². The normalized spacial score (nSPS) is 10.8. The molecule has 0 unspecified atom stereocenters. The van der Waals surface area contributed by atoms with Crippen LogP contribution in [0, 0.1) is 10.7 Å². The molecule has 0 saturated carbocycles. The highest BCUT2D eigenvalue weighted by atomic mass is 19.1. The lowest BCUT2D eigenvalue weighted by Crippen LogP contribution is -2.30. The number of carbonyl (C=O) groups excluding carboxylic acids is 1. The Bertz CT molecular complexity index is 1150. The molecule has 0 aliphatic rings. The number of nitrogens with zero attached hydrogens (tertiary/aromatic N) is 3. The number of rotatable bonds is 4. The Morgan fingerprint density at radius 1 is 1.08 bits per heavy atom. The van der Waals surface area contributed by atoms with E-state index in [-0.39, 0.29) is 11.3 Å². The third kappa shape index (κ3) is 2.73. The average molecular weight is 349 g/mol. The molecule has 0 aliphatic carbocycles. The van der Waals surface area contributed by atoms with Gasteiger partial charge in [0.25, 0.3) is 5.91 Å². The van der Waals surface area contributed by atoms with Crippen molar-refractivity contribution in [1.82, 2.24) is 14.8 Å². The number of para-hydroxylation sites is 2. The molecule has 4 aromatic rings. The summed E-state index contributed by atoms with van der Waals surface area (Å²) in [6.07, 6.45) is 1.89. The van der Waals surface area contributed by atoms with Crippen molar-refractivity contribution in [2.24, 2.45) is 5.18 Å². The van der Waals surface area contributed by atoms with Crippen molar-refractivity contribution < 1.29 is 9.18 Å². The zero-order valence-corrected chi connectivity index (χ0v) is 13.3. The van der Waals surface area contributed by atoms with Gasteiger partial charge in [-0.15, -0.1) is 4.91 Å². The lowest BCUT2D eigenvalue weighted by Gasteiger charge is -2.11. The van der Waals surface area contributed by atoms with E-state index in [4.69, 9.17) is 0 Å². The fourth-order valence-corrected chi connectivity index (χ4v) is 2.76. The number of carbonyl (C=O) groups is 1. The number of nitrogens with one attached hydrogen (secondary N) is 2. The van der Waals surface area contributed by atoms with Gasteiger partial charge in [-0.1, -0.05) is 12.1 Å². The van der Waals surface area contributed by atoms with Gasteiger partial charge in [-0.3, -0.25) is 15.6 Å². The number of anilines is 1. The first-order valence-corrected chi connectivity index (χ1v) is 7.72. The van der Waals surface area contributed by atoms with E-state index in [9.17, 15) is 14.1 Å². The molecule has 0 saturated heterocycles. The van der Waals surface area contributed by atoms with E-state index in [1.54, 1.807) is 0 Å². The van der Waals surface area contributed by atoms with E-state index in [1.807, 2.05) is 47.0 Å². The molecule has 0 radical (unpaired) electrons. The van der Waals surface area contributed by atoms with E-state index >= 15 is 0 Å². The lowest BCUT2D eigenvalue weighted by molar-refractivity contribution is 0.0962. The number of hydrogen-bond acceptors (Lipinski definition) is 5. The van der Waals surface area contributed by atoms with E-state index in [2.05, 4.69) is 21.0 Å². The number of fused-ring (bicyclic) bond motifs is 3. The Labute approximate surface area is 146 Å². The van der Waals surface area contributed by atoms with E-state index in [1.165, 1.54) is 6.07 Å². The first kappa shape index (κ1) is 15.7. The smallest absolute Gasteiger partial charge is 0.269 e. The highest BCUT2D eigenvalue weighted by Crippen LogP contribution is 2.22. The molecule has 8 heteroatoms. The summed E-state index contributed by atoms with van der Waals surface area (Å²) >= 11 is 0. The van der Waals surface area contributed by atoms with Crippen LogP contribution < -0.4 is 10.9 Å². The van der Waals surface area contributed by atoms with E-state index < -0.39 is 11.7 Å². The predicted molar refractivity (Wildman–Crippen MR) is 95.6 cm³/mol. The Morgan fingerprint density at radius 2 is 1.88 bits per heavy atom. The van der Waals surface area contributed by atoms with Gasteiger partial charge in [-0.2, -0.15) is 0 Å². The molecule has 2 aromatic heterocycles. The van der Waals surface area contributed by atoms with Crippen molar-refractivity contribution in [1.29, 1.82) is 0 Å². The Balaban J connectivity index is 1.65. The Morgan fingerprint density at radius 3 is 2.73 bits per heavy atom. The Kier molecular flexibility index (Phi) is 3.77. The highest BCUT2D eigenvalue weighted by Gasteiger charge is 2.12. The standard InChI is InChI=1S/C18H12FN5O2/c19-12-8-11(9-13(10-12)23-26)18(25)22-21-17-16-6-3-7-24(16)15-5-2-1-4-14(15)20-17/h1-10H,(H,20,21)(H,22,25). The quantitative estimate of drug-likeness (QED) is 0.433. The van der Waals surface area contributed by atoms with Gasteiger partial charge in [0.2, 0.25) is 0 Å². The fourth-order valence-electron chi connectivity index (χ4n) is 2.76. The number of benzene rings is 2. The molecular formula is C18H12FN5O2. The maximum absolute atomic E-state index is 13.5. The monoisotopic (exact) mass is 349 g/mol. The molecule has 26 heavy (non-hydrogen) atoms. The third-order valence-electron chi connectivity index (χ3n) is 3.91. The molecule has 0 atom stereocenters. The number of amides is 1. The first-order chi connectivity index (χ1) is 12.7. The summed E-state index contributed by atoms with van der Waals surface area (Å²) < 4.78 is 15.4. The molecule has 0 bridgehead atoms. The van der Waals surface area contributed by atoms with Crippen LogP contribution in [0.1, 0.15) is 10.4 Å². The summed E-state index contributed by atoms with van der Waals surface area (Å²) in [7, 11) is 0. The maximum atomic E-state index is 13.5. The molecular weight excluding hydrogens is 337 g/mol. The molecule has 7 nitrogen and oxygen atoms in total. The minimum absolute atomic E-state index is 0.0284. The highest BCUT2D eigenvalue weighted by molar-refractivity contribution is 5.96. The van der Waals surface area contributed by atoms with Crippen LogP contribution in [-0.4, -0.2) is 15.3 Å². The lowest BCUT2D eigenvalue weighted by atomic mass is 10.2. The minimum atomic E-state index is -0.718. The van der Waals surface area contributed by atoms with Crippen LogP contribution in [0.25, 0.3) is 16.6 Å². The second-order valence-corrected chi connectivity index (χ2v) is 5.58. The molecule has 0 aliphatic heterocycles. The van der Waals surface area contributed by atoms with Gasteiger partial charge < -0.3 is 4.40 Å². The number of nitroso groups, excluding NO2 is 1. The molecule has 0 fully saturated rings. The largest absolute Gasteiger partial charge is 0.312 e. The van der Waals surface area contributed by atoms with Crippen LogP contribution in [0.2, 0.25) is 0 Å². The van der Waals surface area contributed by atoms with Gasteiger partial charge in [0.1, 0.15) is 11.5 Å². The molecule has 2 heterocycles.